The van der Waals surface area contributed by atoms with E-state index in [0.29, 0.717) is 12.5 Å². The van der Waals surface area contributed by atoms with Gasteiger partial charge in [-0.2, -0.15) is 0 Å². The van der Waals surface area contributed by atoms with Gasteiger partial charge in [0.1, 0.15) is 13.3 Å². The van der Waals surface area contributed by atoms with Crippen LogP contribution in [0.4, 0.5) is 4.79 Å². The highest BCUT2D eigenvalue weighted by atomic mass is 16.6. The zero-order valence-corrected chi connectivity index (χ0v) is 8.21. The molecule has 0 aliphatic rings. The van der Waals surface area contributed by atoms with Crippen molar-refractivity contribution < 1.29 is 14.3 Å². The lowest BCUT2D eigenvalue weighted by Crippen LogP contribution is -2.27. The van der Waals surface area contributed by atoms with Gasteiger partial charge in [-0.3, -0.25) is 5.32 Å². The lowest BCUT2D eigenvalue weighted by Gasteiger charge is -2.07. The zero-order chi connectivity index (χ0) is 10.1. The molecule has 1 N–H and O–H groups in total. The van der Waals surface area contributed by atoms with Crippen LogP contribution in [0.15, 0.2) is 12.7 Å². The number of carbonyl (C=O) groups excluding carboxylic acids is 1. The first-order valence-electron chi connectivity index (χ1n) is 4.26. The molecule has 0 saturated carbocycles. The molecule has 0 atom stereocenters. The Morgan fingerprint density at radius 1 is 1.62 bits per heavy atom. The topological polar surface area (TPSA) is 47.6 Å². The zero-order valence-electron chi connectivity index (χ0n) is 8.21. The summed E-state index contributed by atoms with van der Waals surface area (Å²) in [6, 6.07) is 0. The van der Waals surface area contributed by atoms with Gasteiger partial charge in [0.05, 0.1) is 6.61 Å². The van der Waals surface area contributed by atoms with Crippen LogP contribution >= 0.6 is 0 Å². The van der Waals surface area contributed by atoms with Crippen molar-refractivity contribution in [3.63, 3.8) is 0 Å². The van der Waals surface area contributed by atoms with Crippen molar-refractivity contribution in [1.82, 2.24) is 5.32 Å². The van der Waals surface area contributed by atoms with Crippen molar-refractivity contribution >= 4 is 6.09 Å². The highest BCUT2D eigenvalue weighted by molar-refractivity contribution is 5.66. The largest absolute Gasteiger partial charge is 0.445 e. The molecule has 76 valence electrons. The lowest BCUT2D eigenvalue weighted by atomic mass is 10.2. The van der Waals surface area contributed by atoms with E-state index in [1.807, 2.05) is 13.8 Å². The molecule has 4 heteroatoms. The molecular formula is C9H17NO3. The van der Waals surface area contributed by atoms with Gasteiger partial charge in [-0.1, -0.05) is 26.5 Å². The summed E-state index contributed by atoms with van der Waals surface area (Å²) in [5.74, 6) is 0.464. The molecule has 0 aromatic carbocycles. The Hall–Kier alpha value is -1.03. The van der Waals surface area contributed by atoms with Crippen molar-refractivity contribution in [1.29, 1.82) is 0 Å². The van der Waals surface area contributed by atoms with Crippen LogP contribution < -0.4 is 5.32 Å². The Kier molecular flexibility index (Phi) is 7.01. The number of hydrogen-bond acceptors (Lipinski definition) is 3. The first-order chi connectivity index (χ1) is 6.16. The fraction of sp³-hybridized carbons (Fsp3) is 0.667. The van der Waals surface area contributed by atoms with Gasteiger partial charge in [-0.15, -0.1) is 0 Å². The van der Waals surface area contributed by atoms with Crippen LogP contribution in [0, 0.1) is 5.92 Å². The maximum atomic E-state index is 10.8. The molecule has 0 bridgehead atoms. The second-order valence-electron chi connectivity index (χ2n) is 2.97. The first-order valence-corrected chi connectivity index (χ1v) is 4.26. The van der Waals surface area contributed by atoms with Crippen molar-refractivity contribution in [2.24, 2.45) is 5.92 Å². The van der Waals surface area contributed by atoms with Gasteiger partial charge < -0.3 is 9.47 Å². The summed E-state index contributed by atoms with van der Waals surface area (Å²) in [5, 5.41) is 2.44. The standard InChI is InChI=1S/C9H17NO3/c1-4-5-13-9(11)10-7-12-6-8(2)3/h4,8H,1,5-7H2,2-3H3,(H,10,11). The summed E-state index contributed by atoms with van der Waals surface area (Å²) < 4.78 is 9.76. The SMILES string of the molecule is C=CCOC(=O)NCOCC(C)C. The minimum atomic E-state index is -0.483. The van der Waals surface area contributed by atoms with E-state index in [0.717, 1.165) is 0 Å². The third-order valence-electron chi connectivity index (χ3n) is 1.10. The lowest BCUT2D eigenvalue weighted by molar-refractivity contribution is 0.0842. The minimum absolute atomic E-state index is 0.189. The molecule has 0 radical (unpaired) electrons. The summed E-state index contributed by atoms with van der Waals surface area (Å²) in [5.41, 5.74) is 0. The van der Waals surface area contributed by atoms with E-state index in [1.165, 1.54) is 6.08 Å². The fourth-order valence-electron chi connectivity index (χ4n) is 0.590. The summed E-state index contributed by atoms with van der Waals surface area (Å²) >= 11 is 0. The van der Waals surface area contributed by atoms with Crippen molar-refractivity contribution in [2.75, 3.05) is 19.9 Å². The van der Waals surface area contributed by atoms with Crippen LogP contribution in [0.3, 0.4) is 0 Å². The van der Waals surface area contributed by atoms with Gasteiger partial charge in [0, 0.05) is 0 Å². The smallest absolute Gasteiger partial charge is 0.409 e. The number of ether oxygens (including phenoxy) is 2. The second kappa shape index (κ2) is 7.61. The third-order valence-corrected chi connectivity index (χ3v) is 1.10. The Labute approximate surface area is 78.9 Å². The third kappa shape index (κ3) is 8.88. The van der Waals surface area contributed by atoms with Crippen LogP contribution in [0.25, 0.3) is 0 Å². The normalized spacial score (nSPS) is 9.77. The summed E-state index contributed by atoms with van der Waals surface area (Å²) in [6.45, 7) is 8.53. The van der Waals surface area contributed by atoms with E-state index in [1.54, 1.807) is 0 Å². The van der Waals surface area contributed by atoms with Crippen LogP contribution in [0.2, 0.25) is 0 Å². The second-order valence-corrected chi connectivity index (χ2v) is 2.97. The van der Waals surface area contributed by atoms with Crippen molar-refractivity contribution in [3.05, 3.63) is 12.7 Å². The van der Waals surface area contributed by atoms with Gasteiger partial charge >= 0.3 is 6.09 Å². The molecule has 13 heavy (non-hydrogen) atoms. The molecular weight excluding hydrogens is 170 g/mol. The van der Waals surface area contributed by atoms with E-state index < -0.39 is 6.09 Å². The molecule has 0 fully saturated rings. The molecule has 0 heterocycles. The number of alkyl carbamates (subject to hydrolysis) is 1. The maximum absolute atomic E-state index is 10.8. The molecule has 0 spiro atoms. The molecule has 0 aliphatic carbocycles. The number of carbonyl (C=O) groups is 1. The van der Waals surface area contributed by atoms with Crippen LogP contribution in [0.5, 0.6) is 0 Å². The molecule has 1 amide bonds. The fourth-order valence-corrected chi connectivity index (χ4v) is 0.590. The number of amides is 1. The van der Waals surface area contributed by atoms with Crippen molar-refractivity contribution in [2.45, 2.75) is 13.8 Å². The van der Waals surface area contributed by atoms with Gasteiger partial charge in [0.25, 0.3) is 0 Å². The Balaban J connectivity index is 3.21. The van der Waals surface area contributed by atoms with Crippen LogP contribution in [0.1, 0.15) is 13.8 Å². The van der Waals surface area contributed by atoms with Crippen LogP contribution in [-0.4, -0.2) is 26.0 Å². The van der Waals surface area contributed by atoms with E-state index in [9.17, 15) is 4.79 Å². The van der Waals surface area contributed by atoms with E-state index in [2.05, 4.69) is 16.6 Å². The highest BCUT2D eigenvalue weighted by Gasteiger charge is 1.99. The molecule has 0 unspecified atom stereocenters. The number of nitrogens with one attached hydrogen (secondary N) is 1. The highest BCUT2D eigenvalue weighted by Crippen LogP contribution is 1.90. The summed E-state index contributed by atoms with van der Waals surface area (Å²) in [4.78, 5) is 10.8. The Morgan fingerprint density at radius 2 is 2.31 bits per heavy atom. The number of hydrogen-bond donors (Lipinski definition) is 1. The van der Waals surface area contributed by atoms with Crippen LogP contribution in [-0.2, 0) is 9.47 Å². The van der Waals surface area contributed by atoms with Gasteiger partial charge in [-0.05, 0) is 5.92 Å². The Morgan fingerprint density at radius 3 is 2.85 bits per heavy atom. The predicted octanol–water partition coefficient (Wildman–Crippen LogP) is 1.53. The van der Waals surface area contributed by atoms with Gasteiger partial charge in [0.2, 0.25) is 0 Å². The molecule has 0 saturated heterocycles. The Bertz CT molecular complexity index is 157. The minimum Gasteiger partial charge on any atom is -0.445 e. The maximum Gasteiger partial charge on any atom is 0.409 e. The molecule has 0 aromatic heterocycles. The molecule has 0 aromatic rings. The van der Waals surface area contributed by atoms with Gasteiger partial charge in [0.15, 0.2) is 0 Å². The quantitative estimate of drug-likeness (QED) is 0.389. The average molecular weight is 187 g/mol. The van der Waals surface area contributed by atoms with Crippen molar-refractivity contribution in [3.8, 4) is 0 Å². The van der Waals surface area contributed by atoms with E-state index in [-0.39, 0.29) is 13.3 Å². The molecule has 4 nitrogen and oxygen atoms in total. The van der Waals surface area contributed by atoms with E-state index >= 15 is 0 Å². The monoisotopic (exact) mass is 187 g/mol. The number of rotatable bonds is 6. The molecule has 0 rings (SSSR count). The van der Waals surface area contributed by atoms with E-state index in [4.69, 9.17) is 4.74 Å². The average Bonchev–Trinajstić information content (AvgIpc) is 2.08. The summed E-state index contributed by atoms with van der Waals surface area (Å²) in [7, 11) is 0. The summed E-state index contributed by atoms with van der Waals surface area (Å²) in [6.07, 6.45) is 1.03. The first kappa shape index (κ1) is 12.0. The van der Waals surface area contributed by atoms with Gasteiger partial charge in [-0.25, -0.2) is 4.79 Å². The predicted molar refractivity (Wildman–Crippen MR) is 50.3 cm³/mol. The molecule has 0 aliphatic heterocycles.